The smallest absolute Gasteiger partial charge is 0.236 e. The summed E-state index contributed by atoms with van der Waals surface area (Å²) in [4.78, 5) is 12.0. The van der Waals surface area contributed by atoms with Gasteiger partial charge in [0.1, 0.15) is 0 Å². The highest BCUT2D eigenvalue weighted by Crippen LogP contribution is 2.45. The molecule has 0 radical (unpaired) electrons. The summed E-state index contributed by atoms with van der Waals surface area (Å²) in [6.07, 6.45) is 2.78. The van der Waals surface area contributed by atoms with E-state index in [4.69, 9.17) is 11.6 Å². The Kier molecular flexibility index (Phi) is 4.09. The Morgan fingerprint density at radius 1 is 1.35 bits per heavy atom. The maximum absolute atomic E-state index is 12.0. The number of nitrogens with zero attached hydrogens (tertiary/aromatic N) is 1. The second-order valence-corrected chi connectivity index (χ2v) is 7.68. The van der Waals surface area contributed by atoms with Crippen molar-refractivity contribution in [2.75, 3.05) is 19.8 Å². The van der Waals surface area contributed by atoms with E-state index in [0.717, 1.165) is 29.0 Å². The number of halogens is 1. The number of carbonyl (C=O) groups is 1. The maximum atomic E-state index is 12.0. The van der Waals surface area contributed by atoms with Gasteiger partial charge < -0.3 is 5.32 Å². The lowest BCUT2D eigenvalue weighted by Crippen LogP contribution is -2.42. The van der Waals surface area contributed by atoms with Gasteiger partial charge in [-0.1, -0.05) is 23.7 Å². The van der Waals surface area contributed by atoms with Gasteiger partial charge in [-0.3, -0.25) is 4.79 Å². The van der Waals surface area contributed by atoms with Crippen LogP contribution in [0.4, 0.5) is 0 Å². The van der Waals surface area contributed by atoms with Crippen LogP contribution in [0, 0.1) is 0 Å². The van der Waals surface area contributed by atoms with E-state index < -0.39 is 10.0 Å². The van der Waals surface area contributed by atoms with Gasteiger partial charge in [0.15, 0.2) is 0 Å². The summed E-state index contributed by atoms with van der Waals surface area (Å²) in [6.45, 7) is -0.172. The minimum atomic E-state index is -3.35. The summed E-state index contributed by atoms with van der Waals surface area (Å²) >= 11 is 5.85. The van der Waals surface area contributed by atoms with Gasteiger partial charge in [-0.05, 0) is 30.5 Å². The van der Waals surface area contributed by atoms with Crippen molar-refractivity contribution in [2.45, 2.75) is 18.4 Å². The summed E-state index contributed by atoms with van der Waals surface area (Å²) < 4.78 is 23.6. The molecule has 0 heterocycles. The van der Waals surface area contributed by atoms with Crippen LogP contribution in [0.3, 0.4) is 0 Å². The molecule has 0 atom stereocenters. The summed E-state index contributed by atoms with van der Waals surface area (Å²) in [6, 6.07) is 7.34. The van der Waals surface area contributed by atoms with Crippen LogP contribution in [0.15, 0.2) is 24.3 Å². The number of benzene rings is 1. The lowest BCUT2D eigenvalue weighted by molar-refractivity contribution is -0.122. The molecule has 1 saturated carbocycles. The van der Waals surface area contributed by atoms with Gasteiger partial charge in [0.25, 0.3) is 0 Å². The first kappa shape index (κ1) is 15.3. The maximum Gasteiger partial charge on any atom is 0.236 e. The van der Waals surface area contributed by atoms with Crippen LogP contribution < -0.4 is 5.32 Å². The topological polar surface area (TPSA) is 66.5 Å². The standard InChI is InChI=1S/C13H17ClN2O3S/c1-16(20(2,18)19)9-12(17)15-13(7-8-13)10-3-5-11(14)6-4-10/h3-6H,7-9H2,1-2H3,(H,15,17). The van der Waals surface area contributed by atoms with E-state index in [1.165, 1.54) is 7.05 Å². The first-order valence-corrected chi connectivity index (χ1v) is 8.44. The average molecular weight is 317 g/mol. The molecule has 0 bridgehead atoms. The number of nitrogens with one attached hydrogen (secondary N) is 1. The molecule has 110 valence electrons. The highest BCUT2D eigenvalue weighted by molar-refractivity contribution is 7.88. The molecule has 0 aliphatic heterocycles. The van der Waals surface area contributed by atoms with Gasteiger partial charge in [-0.15, -0.1) is 0 Å². The normalized spacial score (nSPS) is 17.0. The third-order valence-corrected chi connectivity index (χ3v) is 4.97. The molecule has 7 heteroatoms. The number of hydrogen-bond acceptors (Lipinski definition) is 3. The first-order valence-electron chi connectivity index (χ1n) is 6.21. The fourth-order valence-electron chi connectivity index (χ4n) is 2.01. The van der Waals surface area contributed by atoms with Crippen molar-refractivity contribution >= 4 is 27.5 Å². The quantitative estimate of drug-likeness (QED) is 0.891. The van der Waals surface area contributed by atoms with Crippen molar-refractivity contribution in [1.29, 1.82) is 0 Å². The second kappa shape index (κ2) is 5.35. The number of rotatable bonds is 5. The highest BCUT2D eigenvalue weighted by atomic mass is 35.5. The van der Waals surface area contributed by atoms with Crippen LogP contribution in [0.25, 0.3) is 0 Å². The molecule has 1 aliphatic rings. The average Bonchev–Trinajstić information content (AvgIpc) is 3.09. The van der Waals surface area contributed by atoms with Gasteiger partial charge >= 0.3 is 0 Å². The monoisotopic (exact) mass is 316 g/mol. The van der Waals surface area contributed by atoms with Gasteiger partial charge in [-0.2, -0.15) is 4.31 Å². The third kappa shape index (κ3) is 3.50. The molecule has 0 spiro atoms. The zero-order valence-electron chi connectivity index (χ0n) is 11.4. The van der Waals surface area contributed by atoms with E-state index in [1.807, 2.05) is 12.1 Å². The highest BCUT2D eigenvalue weighted by Gasteiger charge is 2.45. The molecule has 0 aromatic heterocycles. The van der Waals surface area contributed by atoms with E-state index in [1.54, 1.807) is 12.1 Å². The SMILES string of the molecule is CN(CC(=O)NC1(c2ccc(Cl)cc2)CC1)S(C)(=O)=O. The molecule has 1 aliphatic carbocycles. The Balaban J connectivity index is 2.03. The fraction of sp³-hybridized carbons (Fsp3) is 0.462. The number of carbonyl (C=O) groups excluding carboxylic acids is 1. The van der Waals surface area contributed by atoms with Crippen LogP contribution in [0.2, 0.25) is 5.02 Å². The van der Waals surface area contributed by atoms with Crippen molar-refractivity contribution in [2.24, 2.45) is 0 Å². The number of likely N-dealkylation sites (N-methyl/N-ethyl adjacent to an activating group) is 1. The number of sulfonamides is 1. The molecule has 1 aromatic carbocycles. The lowest BCUT2D eigenvalue weighted by Gasteiger charge is -2.20. The minimum Gasteiger partial charge on any atom is -0.345 e. The van der Waals surface area contributed by atoms with Gasteiger partial charge in [-0.25, -0.2) is 8.42 Å². The Labute approximate surface area is 124 Å². The third-order valence-electron chi connectivity index (χ3n) is 3.46. The predicted molar refractivity (Wildman–Crippen MR) is 78.0 cm³/mol. The predicted octanol–water partition coefficient (Wildman–Crippen LogP) is 1.34. The Bertz CT molecular complexity index is 609. The summed E-state index contributed by atoms with van der Waals surface area (Å²) in [5.74, 6) is -0.301. The van der Waals surface area contributed by atoms with Crippen LogP contribution in [-0.4, -0.2) is 38.5 Å². The largest absolute Gasteiger partial charge is 0.345 e. The minimum absolute atomic E-state index is 0.172. The molecule has 20 heavy (non-hydrogen) atoms. The van der Waals surface area contributed by atoms with Crippen LogP contribution in [-0.2, 0) is 20.4 Å². The van der Waals surface area contributed by atoms with Crippen molar-refractivity contribution < 1.29 is 13.2 Å². The van der Waals surface area contributed by atoms with E-state index in [-0.39, 0.29) is 18.0 Å². The van der Waals surface area contributed by atoms with Crippen molar-refractivity contribution in [3.05, 3.63) is 34.9 Å². The Morgan fingerprint density at radius 3 is 2.35 bits per heavy atom. The molecule has 0 unspecified atom stereocenters. The van der Waals surface area contributed by atoms with Gasteiger partial charge in [0.2, 0.25) is 15.9 Å². The summed E-state index contributed by atoms with van der Waals surface area (Å²) in [5, 5.41) is 3.56. The molecular formula is C13H17ClN2O3S. The molecular weight excluding hydrogens is 300 g/mol. The Hall–Kier alpha value is -1.11. The van der Waals surface area contributed by atoms with Gasteiger partial charge in [0, 0.05) is 12.1 Å². The van der Waals surface area contributed by atoms with Gasteiger partial charge in [0.05, 0.1) is 18.3 Å². The number of amides is 1. The number of hydrogen-bond donors (Lipinski definition) is 1. The molecule has 1 amide bonds. The lowest BCUT2D eigenvalue weighted by atomic mass is 10.1. The Morgan fingerprint density at radius 2 is 1.90 bits per heavy atom. The molecule has 1 aromatic rings. The van der Waals surface area contributed by atoms with Crippen LogP contribution >= 0.6 is 11.6 Å². The molecule has 0 saturated heterocycles. The summed E-state index contributed by atoms with van der Waals surface area (Å²) in [5.41, 5.74) is 0.636. The molecule has 1 fully saturated rings. The van der Waals surface area contributed by atoms with E-state index >= 15 is 0 Å². The first-order chi connectivity index (χ1) is 9.23. The zero-order chi connectivity index (χ0) is 15.0. The second-order valence-electron chi connectivity index (χ2n) is 5.16. The summed E-state index contributed by atoms with van der Waals surface area (Å²) in [7, 11) is -1.96. The van der Waals surface area contributed by atoms with Crippen molar-refractivity contribution in [3.63, 3.8) is 0 Å². The van der Waals surface area contributed by atoms with Crippen LogP contribution in [0.5, 0.6) is 0 Å². The van der Waals surface area contributed by atoms with E-state index in [2.05, 4.69) is 5.32 Å². The molecule has 1 N–H and O–H groups in total. The van der Waals surface area contributed by atoms with Crippen LogP contribution in [0.1, 0.15) is 18.4 Å². The molecule has 5 nitrogen and oxygen atoms in total. The van der Waals surface area contributed by atoms with Crippen molar-refractivity contribution in [3.8, 4) is 0 Å². The fourth-order valence-corrected chi connectivity index (χ4v) is 2.48. The van der Waals surface area contributed by atoms with Crippen molar-refractivity contribution in [1.82, 2.24) is 9.62 Å². The molecule has 2 rings (SSSR count). The van der Waals surface area contributed by atoms with E-state index in [9.17, 15) is 13.2 Å². The van der Waals surface area contributed by atoms with E-state index in [0.29, 0.717) is 5.02 Å². The zero-order valence-corrected chi connectivity index (χ0v) is 13.0.